The normalized spacial score (nSPS) is 20.9. The van der Waals surface area contributed by atoms with Crippen LogP contribution in [0.3, 0.4) is 0 Å². The topological polar surface area (TPSA) is 59.8 Å². The van der Waals surface area contributed by atoms with Gasteiger partial charge in [-0.1, -0.05) is 37.6 Å². The minimum absolute atomic E-state index is 0.0987. The summed E-state index contributed by atoms with van der Waals surface area (Å²) in [5, 5.41) is 14.5. The highest BCUT2D eigenvalue weighted by Gasteiger charge is 2.23. The predicted octanol–water partition coefficient (Wildman–Crippen LogP) is 3.25. The van der Waals surface area contributed by atoms with Gasteiger partial charge in [0.2, 0.25) is 5.91 Å². The van der Waals surface area contributed by atoms with Gasteiger partial charge in [-0.15, -0.1) is 21.5 Å². The van der Waals surface area contributed by atoms with Crippen LogP contribution in [0.25, 0.3) is 0 Å². The summed E-state index contributed by atoms with van der Waals surface area (Å²) >= 11 is 3.18. The molecule has 0 radical (unpaired) electrons. The van der Waals surface area contributed by atoms with Crippen LogP contribution in [-0.4, -0.2) is 32.5 Å². The van der Waals surface area contributed by atoms with E-state index in [0.29, 0.717) is 17.7 Å². The maximum Gasteiger partial charge on any atom is 0.230 e. The van der Waals surface area contributed by atoms with E-state index in [2.05, 4.69) is 33.9 Å². The van der Waals surface area contributed by atoms with E-state index in [0.717, 1.165) is 23.8 Å². The van der Waals surface area contributed by atoms with E-state index in [4.69, 9.17) is 0 Å². The molecule has 2 aromatic rings. The zero-order valence-corrected chi connectivity index (χ0v) is 15.8. The van der Waals surface area contributed by atoms with Crippen molar-refractivity contribution in [3.05, 3.63) is 28.2 Å². The van der Waals surface area contributed by atoms with E-state index in [-0.39, 0.29) is 5.91 Å². The number of rotatable bonds is 6. The van der Waals surface area contributed by atoms with Gasteiger partial charge in [-0.3, -0.25) is 4.79 Å². The van der Waals surface area contributed by atoms with Crippen LogP contribution in [0.4, 0.5) is 0 Å². The summed E-state index contributed by atoms with van der Waals surface area (Å²) < 4.78 is 1.99. The Morgan fingerprint density at radius 1 is 1.42 bits per heavy atom. The Morgan fingerprint density at radius 3 is 3.00 bits per heavy atom. The maximum absolute atomic E-state index is 12.2. The Kier molecular flexibility index (Phi) is 5.94. The Balaban J connectivity index is 1.51. The number of carbonyl (C=O) groups excluding carboxylic acids is 1. The van der Waals surface area contributed by atoms with Crippen LogP contribution in [0.1, 0.15) is 43.3 Å². The predicted molar refractivity (Wildman–Crippen MR) is 98.4 cm³/mol. The van der Waals surface area contributed by atoms with Gasteiger partial charge in [0, 0.05) is 24.4 Å². The second-order valence-electron chi connectivity index (χ2n) is 6.44. The summed E-state index contributed by atoms with van der Waals surface area (Å²) in [6.07, 6.45) is 5.61. The number of nitrogens with one attached hydrogen (secondary N) is 1. The standard InChI is InChI=1S/C17H24N4OS2/c1-12-6-3-4-8-14(12)18-16(22)11-24-17-20-19-15(21(17)2)10-13-7-5-9-23-13/h5,7,9,12,14H,3-4,6,8,10-11H2,1-2H3,(H,18,22)/t12-,14+/m0/s1. The van der Waals surface area contributed by atoms with Crippen LogP contribution in [0.2, 0.25) is 0 Å². The zero-order valence-electron chi connectivity index (χ0n) is 14.2. The Bertz CT molecular complexity index is 668. The minimum Gasteiger partial charge on any atom is -0.352 e. The van der Waals surface area contributed by atoms with Gasteiger partial charge in [0.05, 0.1) is 5.75 Å². The highest BCUT2D eigenvalue weighted by Crippen LogP contribution is 2.24. The molecule has 2 atom stereocenters. The minimum atomic E-state index is 0.0987. The molecular weight excluding hydrogens is 340 g/mol. The van der Waals surface area contributed by atoms with Gasteiger partial charge in [-0.05, 0) is 30.2 Å². The van der Waals surface area contributed by atoms with E-state index in [9.17, 15) is 4.79 Å². The van der Waals surface area contributed by atoms with E-state index in [1.54, 1.807) is 11.3 Å². The summed E-state index contributed by atoms with van der Waals surface area (Å²) in [6, 6.07) is 4.48. The number of carbonyl (C=O) groups is 1. The van der Waals surface area contributed by atoms with Gasteiger partial charge >= 0.3 is 0 Å². The molecule has 2 aromatic heterocycles. The van der Waals surface area contributed by atoms with Crippen molar-refractivity contribution in [3.63, 3.8) is 0 Å². The number of aromatic nitrogens is 3. The molecule has 130 valence electrons. The Hall–Kier alpha value is -1.34. The monoisotopic (exact) mass is 364 g/mol. The van der Waals surface area contributed by atoms with Gasteiger partial charge in [0.15, 0.2) is 5.16 Å². The van der Waals surface area contributed by atoms with Crippen molar-refractivity contribution in [2.24, 2.45) is 13.0 Å². The van der Waals surface area contributed by atoms with Crippen LogP contribution in [0.15, 0.2) is 22.7 Å². The molecule has 2 heterocycles. The first-order valence-electron chi connectivity index (χ1n) is 8.46. The molecule has 1 aliphatic carbocycles. The second kappa shape index (κ2) is 8.16. The van der Waals surface area contributed by atoms with Crippen LogP contribution in [-0.2, 0) is 18.3 Å². The van der Waals surface area contributed by atoms with Crippen molar-refractivity contribution in [2.75, 3.05) is 5.75 Å². The third-order valence-corrected chi connectivity index (χ3v) is 6.52. The fourth-order valence-corrected chi connectivity index (χ4v) is 4.55. The molecule has 1 saturated carbocycles. The molecule has 0 aromatic carbocycles. The summed E-state index contributed by atoms with van der Waals surface area (Å²) in [4.78, 5) is 13.5. The number of thioether (sulfide) groups is 1. The number of hydrogen-bond donors (Lipinski definition) is 1. The van der Waals surface area contributed by atoms with Gasteiger partial charge in [0.1, 0.15) is 5.82 Å². The van der Waals surface area contributed by atoms with Crippen LogP contribution in [0, 0.1) is 5.92 Å². The molecule has 0 aliphatic heterocycles. The number of hydrogen-bond acceptors (Lipinski definition) is 5. The van der Waals surface area contributed by atoms with E-state index < -0.39 is 0 Å². The first-order valence-corrected chi connectivity index (χ1v) is 10.3. The van der Waals surface area contributed by atoms with E-state index in [1.165, 1.54) is 35.9 Å². The zero-order chi connectivity index (χ0) is 16.9. The van der Waals surface area contributed by atoms with Crippen molar-refractivity contribution >= 4 is 29.0 Å². The lowest BCUT2D eigenvalue weighted by atomic mass is 9.86. The smallest absolute Gasteiger partial charge is 0.230 e. The summed E-state index contributed by atoms with van der Waals surface area (Å²) in [5.41, 5.74) is 0. The third-order valence-electron chi connectivity index (χ3n) is 4.63. The first-order chi connectivity index (χ1) is 11.6. The molecule has 0 spiro atoms. The average molecular weight is 365 g/mol. The fourth-order valence-electron chi connectivity index (χ4n) is 3.10. The molecule has 1 amide bonds. The highest BCUT2D eigenvalue weighted by atomic mass is 32.2. The quantitative estimate of drug-likeness (QED) is 0.799. The summed E-state index contributed by atoms with van der Waals surface area (Å²) in [7, 11) is 1.96. The second-order valence-corrected chi connectivity index (χ2v) is 8.41. The van der Waals surface area contributed by atoms with Gasteiger partial charge in [-0.25, -0.2) is 0 Å². The van der Waals surface area contributed by atoms with E-state index in [1.807, 2.05) is 17.7 Å². The molecule has 5 nitrogen and oxygen atoms in total. The summed E-state index contributed by atoms with van der Waals surface area (Å²) in [6.45, 7) is 2.23. The molecule has 0 unspecified atom stereocenters. The molecule has 1 N–H and O–H groups in total. The third kappa shape index (κ3) is 4.39. The highest BCUT2D eigenvalue weighted by molar-refractivity contribution is 7.99. The average Bonchev–Trinajstić information content (AvgIpc) is 3.19. The lowest BCUT2D eigenvalue weighted by Gasteiger charge is -2.29. The number of thiophene rings is 1. The van der Waals surface area contributed by atoms with Crippen LogP contribution in [0.5, 0.6) is 0 Å². The largest absolute Gasteiger partial charge is 0.352 e. The maximum atomic E-state index is 12.2. The van der Waals surface area contributed by atoms with Crippen molar-refractivity contribution in [1.29, 1.82) is 0 Å². The molecule has 7 heteroatoms. The molecule has 0 bridgehead atoms. The molecule has 0 saturated heterocycles. The lowest BCUT2D eigenvalue weighted by molar-refractivity contribution is -0.119. The molecule has 24 heavy (non-hydrogen) atoms. The molecule has 1 fully saturated rings. The van der Waals surface area contributed by atoms with Gasteiger partial charge < -0.3 is 9.88 Å². The first kappa shape index (κ1) is 17.5. The number of amides is 1. The van der Waals surface area contributed by atoms with Crippen molar-refractivity contribution < 1.29 is 4.79 Å². The number of nitrogens with zero attached hydrogens (tertiary/aromatic N) is 3. The summed E-state index contributed by atoms with van der Waals surface area (Å²) in [5.74, 6) is 2.01. The van der Waals surface area contributed by atoms with Crippen molar-refractivity contribution in [1.82, 2.24) is 20.1 Å². The molecule has 1 aliphatic rings. The van der Waals surface area contributed by atoms with Crippen molar-refractivity contribution in [3.8, 4) is 0 Å². The van der Waals surface area contributed by atoms with E-state index >= 15 is 0 Å². The molecular formula is C17H24N4OS2. The Labute approximate surface area is 151 Å². The SMILES string of the molecule is C[C@H]1CCCC[C@H]1NC(=O)CSc1nnc(Cc2cccs2)n1C. The van der Waals surface area contributed by atoms with Crippen LogP contribution < -0.4 is 5.32 Å². The van der Waals surface area contributed by atoms with Crippen LogP contribution >= 0.6 is 23.1 Å². The van der Waals surface area contributed by atoms with Gasteiger partial charge in [-0.2, -0.15) is 0 Å². The molecule has 3 rings (SSSR count). The van der Waals surface area contributed by atoms with Gasteiger partial charge in [0.25, 0.3) is 0 Å². The fraction of sp³-hybridized carbons (Fsp3) is 0.588. The van der Waals surface area contributed by atoms with Crippen molar-refractivity contribution in [2.45, 2.75) is 50.2 Å². The lowest BCUT2D eigenvalue weighted by Crippen LogP contribution is -2.41. The Morgan fingerprint density at radius 2 is 2.25 bits per heavy atom.